The average Bonchev–Trinajstić information content (AvgIpc) is 2.39. The van der Waals surface area contributed by atoms with Gasteiger partial charge in [0.2, 0.25) is 0 Å². The van der Waals surface area contributed by atoms with Crippen molar-refractivity contribution in [3.05, 3.63) is 0 Å². The summed E-state index contributed by atoms with van der Waals surface area (Å²) in [6.07, 6.45) is 9.95. The van der Waals surface area contributed by atoms with Crippen LogP contribution in [0.25, 0.3) is 0 Å². The molecule has 2 aliphatic rings. The second-order valence-corrected chi connectivity index (χ2v) is 5.83. The Kier molecular flexibility index (Phi) is 4.42. The lowest BCUT2D eigenvalue weighted by Crippen LogP contribution is -2.46. The second-order valence-electron chi connectivity index (χ2n) is 5.83. The van der Waals surface area contributed by atoms with E-state index in [0.29, 0.717) is 5.41 Å². The van der Waals surface area contributed by atoms with E-state index in [4.69, 9.17) is 5.26 Å². The summed E-state index contributed by atoms with van der Waals surface area (Å²) in [5, 5.41) is 12.0. The summed E-state index contributed by atoms with van der Waals surface area (Å²) in [6, 6.07) is 2.31. The van der Waals surface area contributed by atoms with E-state index in [1.807, 2.05) is 7.05 Å². The average molecular weight is 235 g/mol. The van der Waals surface area contributed by atoms with Crippen LogP contribution < -0.4 is 5.32 Å². The fraction of sp³-hybridized carbons (Fsp3) is 0.929. The molecular formula is C14H25N3. The van der Waals surface area contributed by atoms with Crippen LogP contribution in [-0.4, -0.2) is 37.6 Å². The van der Waals surface area contributed by atoms with Crippen molar-refractivity contribution >= 4 is 0 Å². The van der Waals surface area contributed by atoms with E-state index in [2.05, 4.69) is 16.3 Å². The van der Waals surface area contributed by atoms with Crippen molar-refractivity contribution in [3.63, 3.8) is 0 Å². The van der Waals surface area contributed by atoms with E-state index in [9.17, 15) is 0 Å². The molecule has 1 saturated carbocycles. The van der Waals surface area contributed by atoms with Gasteiger partial charge in [-0.05, 0) is 51.2 Å². The topological polar surface area (TPSA) is 39.1 Å². The maximum Gasteiger partial charge on any atom is 0.108 e. The highest BCUT2D eigenvalue weighted by atomic mass is 15.2. The number of nitrogens with one attached hydrogen (secondary N) is 1. The van der Waals surface area contributed by atoms with Gasteiger partial charge in [0.1, 0.15) is 6.04 Å². The van der Waals surface area contributed by atoms with E-state index in [1.54, 1.807) is 0 Å². The number of hydrogen-bond acceptors (Lipinski definition) is 3. The van der Waals surface area contributed by atoms with E-state index in [1.165, 1.54) is 58.0 Å². The Morgan fingerprint density at radius 1 is 1.18 bits per heavy atom. The minimum atomic E-state index is -0.00425. The monoisotopic (exact) mass is 235 g/mol. The van der Waals surface area contributed by atoms with Crippen LogP contribution in [0.5, 0.6) is 0 Å². The fourth-order valence-electron chi connectivity index (χ4n) is 3.47. The number of rotatable bonds is 3. The van der Waals surface area contributed by atoms with Gasteiger partial charge in [0.25, 0.3) is 0 Å². The van der Waals surface area contributed by atoms with Crippen LogP contribution in [0.1, 0.15) is 44.9 Å². The smallest absolute Gasteiger partial charge is 0.108 e. The number of nitrogens with zero attached hydrogens (tertiary/aromatic N) is 2. The number of piperidine rings is 1. The highest BCUT2D eigenvalue weighted by molar-refractivity contribution is 4.94. The Hall–Kier alpha value is -0.590. The van der Waals surface area contributed by atoms with E-state index in [-0.39, 0.29) is 6.04 Å². The number of likely N-dealkylation sites (tertiary alicyclic amines) is 1. The third-order valence-electron chi connectivity index (χ3n) is 4.78. The van der Waals surface area contributed by atoms with Crippen molar-refractivity contribution in [1.29, 1.82) is 5.26 Å². The molecule has 0 aromatic carbocycles. The van der Waals surface area contributed by atoms with Gasteiger partial charge in [-0.25, -0.2) is 0 Å². The zero-order valence-corrected chi connectivity index (χ0v) is 11.0. The molecule has 1 aliphatic heterocycles. The third-order valence-corrected chi connectivity index (χ3v) is 4.78. The summed E-state index contributed by atoms with van der Waals surface area (Å²) in [5.41, 5.74) is 0.677. The fourth-order valence-corrected chi connectivity index (χ4v) is 3.47. The minimum absolute atomic E-state index is 0.00425. The summed E-state index contributed by atoms with van der Waals surface area (Å²) in [4.78, 5) is 2.46. The van der Waals surface area contributed by atoms with Gasteiger partial charge < -0.3 is 10.2 Å². The second kappa shape index (κ2) is 5.84. The Balaban J connectivity index is 1.79. The summed E-state index contributed by atoms with van der Waals surface area (Å²) in [7, 11) is 1.88. The van der Waals surface area contributed by atoms with E-state index >= 15 is 0 Å². The summed E-state index contributed by atoms with van der Waals surface area (Å²) < 4.78 is 0. The first-order chi connectivity index (χ1) is 8.28. The molecule has 3 nitrogen and oxygen atoms in total. The van der Waals surface area contributed by atoms with Gasteiger partial charge in [-0.15, -0.1) is 0 Å². The minimum Gasteiger partial charge on any atom is -0.304 e. The molecule has 1 saturated heterocycles. The molecular weight excluding hydrogens is 210 g/mol. The molecule has 0 amide bonds. The van der Waals surface area contributed by atoms with Crippen LogP contribution in [0.4, 0.5) is 0 Å². The lowest BCUT2D eigenvalue weighted by atomic mass is 9.68. The normalized spacial score (nSPS) is 26.6. The molecule has 0 aromatic heterocycles. The zero-order valence-electron chi connectivity index (χ0n) is 11.0. The molecule has 3 heteroatoms. The van der Waals surface area contributed by atoms with Crippen molar-refractivity contribution in [1.82, 2.24) is 10.2 Å². The highest BCUT2D eigenvalue weighted by Crippen LogP contribution is 2.44. The molecule has 17 heavy (non-hydrogen) atoms. The van der Waals surface area contributed by atoms with Crippen molar-refractivity contribution < 1.29 is 0 Å². The first-order valence-electron chi connectivity index (χ1n) is 7.07. The summed E-state index contributed by atoms with van der Waals surface area (Å²) in [6.45, 7) is 3.28. The molecule has 96 valence electrons. The first-order valence-corrected chi connectivity index (χ1v) is 7.07. The van der Waals surface area contributed by atoms with Crippen molar-refractivity contribution in [2.75, 3.05) is 26.7 Å². The van der Waals surface area contributed by atoms with Gasteiger partial charge in [-0.3, -0.25) is 0 Å². The zero-order chi connectivity index (χ0) is 12.1. The van der Waals surface area contributed by atoms with Gasteiger partial charge in [-0.2, -0.15) is 5.26 Å². The number of nitriles is 1. The van der Waals surface area contributed by atoms with E-state index < -0.39 is 0 Å². The maximum absolute atomic E-state index is 8.96. The Morgan fingerprint density at radius 2 is 1.82 bits per heavy atom. The Labute approximate surface area is 105 Å². The summed E-state index contributed by atoms with van der Waals surface area (Å²) in [5.74, 6) is 0. The Bertz CT molecular complexity index is 266. The van der Waals surface area contributed by atoms with Gasteiger partial charge in [0.15, 0.2) is 0 Å². The molecule has 1 atom stereocenters. The molecule has 1 N–H and O–H groups in total. The lowest BCUT2D eigenvalue weighted by molar-refractivity contribution is 0.0659. The SMILES string of the molecule is CNC(C#N)CN1CCC2(CCCCC2)CC1. The van der Waals surface area contributed by atoms with Gasteiger partial charge >= 0.3 is 0 Å². The number of hydrogen-bond donors (Lipinski definition) is 1. The van der Waals surface area contributed by atoms with Gasteiger partial charge in [0, 0.05) is 6.54 Å². The van der Waals surface area contributed by atoms with Gasteiger partial charge in [0.05, 0.1) is 6.07 Å². The molecule has 0 aromatic rings. The standard InChI is InChI=1S/C14H25N3/c1-16-13(11-15)12-17-9-7-14(8-10-17)5-3-2-4-6-14/h13,16H,2-10,12H2,1H3. The van der Waals surface area contributed by atoms with Crippen LogP contribution in [0.15, 0.2) is 0 Å². The molecule has 1 heterocycles. The lowest BCUT2D eigenvalue weighted by Gasteiger charge is -2.44. The van der Waals surface area contributed by atoms with Crippen molar-refractivity contribution in [3.8, 4) is 6.07 Å². The quantitative estimate of drug-likeness (QED) is 0.814. The number of likely N-dealkylation sites (N-methyl/N-ethyl adjacent to an activating group) is 1. The van der Waals surface area contributed by atoms with Crippen LogP contribution in [0.2, 0.25) is 0 Å². The predicted octanol–water partition coefficient (Wildman–Crippen LogP) is 2.14. The van der Waals surface area contributed by atoms with Crippen molar-refractivity contribution in [2.24, 2.45) is 5.41 Å². The van der Waals surface area contributed by atoms with Gasteiger partial charge in [-0.1, -0.05) is 19.3 Å². The van der Waals surface area contributed by atoms with Crippen LogP contribution in [0, 0.1) is 16.7 Å². The van der Waals surface area contributed by atoms with Crippen LogP contribution >= 0.6 is 0 Å². The molecule has 1 spiro atoms. The maximum atomic E-state index is 8.96. The van der Waals surface area contributed by atoms with E-state index in [0.717, 1.165) is 6.54 Å². The largest absolute Gasteiger partial charge is 0.304 e. The molecule has 1 unspecified atom stereocenters. The highest BCUT2D eigenvalue weighted by Gasteiger charge is 2.35. The van der Waals surface area contributed by atoms with Crippen LogP contribution in [0.3, 0.4) is 0 Å². The predicted molar refractivity (Wildman–Crippen MR) is 69.7 cm³/mol. The Morgan fingerprint density at radius 3 is 2.35 bits per heavy atom. The van der Waals surface area contributed by atoms with Crippen LogP contribution in [-0.2, 0) is 0 Å². The molecule has 2 fully saturated rings. The molecule has 2 rings (SSSR count). The molecule has 0 bridgehead atoms. The third kappa shape index (κ3) is 3.20. The first kappa shape index (κ1) is 12.9. The molecule has 0 radical (unpaired) electrons. The summed E-state index contributed by atoms with van der Waals surface area (Å²) >= 11 is 0. The molecule has 1 aliphatic carbocycles. The van der Waals surface area contributed by atoms with Crippen molar-refractivity contribution in [2.45, 2.75) is 51.0 Å².